The topological polar surface area (TPSA) is 42.7 Å². The number of nitrogens with one attached hydrogen (secondary N) is 1. The molecule has 21 heavy (non-hydrogen) atoms. The molecule has 0 aliphatic carbocycles. The highest BCUT2D eigenvalue weighted by molar-refractivity contribution is 6.30. The van der Waals surface area contributed by atoms with Crippen molar-refractivity contribution in [3.8, 4) is 0 Å². The number of hydrogen-bond donors (Lipinski definition) is 1. The van der Waals surface area contributed by atoms with Crippen molar-refractivity contribution in [2.24, 2.45) is 0 Å². The quantitative estimate of drug-likeness (QED) is 0.782. The zero-order valence-electron chi connectivity index (χ0n) is 12.0. The Kier molecular flexibility index (Phi) is 3.80. The maximum atomic E-state index is 5.90. The molecule has 0 radical (unpaired) electrons. The molecule has 3 aromatic rings. The van der Waals surface area contributed by atoms with E-state index in [9.17, 15) is 0 Å². The van der Waals surface area contributed by atoms with Gasteiger partial charge in [0.15, 0.2) is 0 Å². The maximum Gasteiger partial charge on any atom is 0.129 e. The monoisotopic (exact) mass is 300 g/mol. The number of halogens is 1. The number of nitrogens with zero attached hydrogens (tertiary/aromatic N) is 3. The van der Waals surface area contributed by atoms with Crippen LogP contribution in [0.15, 0.2) is 42.7 Å². The van der Waals surface area contributed by atoms with Crippen molar-refractivity contribution in [3.63, 3.8) is 0 Å². The van der Waals surface area contributed by atoms with Gasteiger partial charge in [-0.05, 0) is 44.2 Å². The van der Waals surface area contributed by atoms with Crippen LogP contribution in [-0.4, -0.2) is 14.5 Å². The number of aromatic nitrogens is 3. The fourth-order valence-corrected chi connectivity index (χ4v) is 2.58. The summed E-state index contributed by atoms with van der Waals surface area (Å²) in [6.45, 7) is 4.98. The molecule has 3 rings (SSSR count). The van der Waals surface area contributed by atoms with Crippen molar-refractivity contribution in [3.05, 3.63) is 53.6 Å². The van der Waals surface area contributed by atoms with Gasteiger partial charge in [0.25, 0.3) is 0 Å². The lowest BCUT2D eigenvalue weighted by Crippen LogP contribution is -2.10. The van der Waals surface area contributed by atoms with Crippen LogP contribution in [0.2, 0.25) is 5.02 Å². The Labute approximate surface area is 128 Å². The smallest absolute Gasteiger partial charge is 0.129 e. The SMILES string of the molecule is CC(C)n1c(CNc2ccc(Cl)cc2)nc2cnccc21. The van der Waals surface area contributed by atoms with Gasteiger partial charge in [0.1, 0.15) is 11.3 Å². The van der Waals surface area contributed by atoms with E-state index in [1.165, 1.54) is 0 Å². The Morgan fingerprint density at radius 2 is 1.95 bits per heavy atom. The van der Waals surface area contributed by atoms with E-state index in [-0.39, 0.29) is 0 Å². The van der Waals surface area contributed by atoms with Crippen LogP contribution in [0.4, 0.5) is 5.69 Å². The second-order valence-corrected chi connectivity index (χ2v) is 5.65. The average molecular weight is 301 g/mol. The third-order valence-corrected chi connectivity index (χ3v) is 3.63. The summed E-state index contributed by atoms with van der Waals surface area (Å²) in [5, 5.41) is 4.12. The van der Waals surface area contributed by atoms with Gasteiger partial charge in [0.05, 0.1) is 18.3 Å². The zero-order chi connectivity index (χ0) is 14.8. The molecular weight excluding hydrogens is 284 g/mol. The minimum absolute atomic E-state index is 0.347. The van der Waals surface area contributed by atoms with Gasteiger partial charge < -0.3 is 9.88 Å². The van der Waals surface area contributed by atoms with Gasteiger partial charge in [-0.15, -0.1) is 0 Å². The molecule has 0 fully saturated rings. The largest absolute Gasteiger partial charge is 0.378 e. The third-order valence-electron chi connectivity index (χ3n) is 3.38. The van der Waals surface area contributed by atoms with Crippen LogP contribution in [0.5, 0.6) is 0 Å². The van der Waals surface area contributed by atoms with E-state index >= 15 is 0 Å². The highest BCUT2D eigenvalue weighted by Crippen LogP contribution is 2.21. The standard InChI is InChI=1S/C16H17ClN4/c1-11(2)21-15-7-8-18-9-14(15)20-16(21)10-19-13-5-3-12(17)4-6-13/h3-9,11,19H,10H2,1-2H3. The molecule has 2 heterocycles. The van der Waals surface area contributed by atoms with Crippen molar-refractivity contribution < 1.29 is 0 Å². The summed E-state index contributed by atoms with van der Waals surface area (Å²) < 4.78 is 2.24. The van der Waals surface area contributed by atoms with Crippen LogP contribution in [0.1, 0.15) is 25.7 Å². The first-order valence-corrected chi connectivity index (χ1v) is 7.33. The van der Waals surface area contributed by atoms with Crippen LogP contribution >= 0.6 is 11.6 Å². The molecule has 0 spiro atoms. The van der Waals surface area contributed by atoms with Crippen molar-refractivity contribution in [1.82, 2.24) is 14.5 Å². The molecule has 0 amide bonds. The van der Waals surface area contributed by atoms with Crippen LogP contribution in [0, 0.1) is 0 Å². The van der Waals surface area contributed by atoms with Crippen LogP contribution in [0.25, 0.3) is 11.0 Å². The molecule has 0 bridgehead atoms. The Balaban J connectivity index is 1.89. The Hall–Kier alpha value is -2.07. The molecule has 5 heteroatoms. The number of hydrogen-bond acceptors (Lipinski definition) is 3. The Bertz CT molecular complexity index is 747. The molecule has 4 nitrogen and oxygen atoms in total. The zero-order valence-corrected chi connectivity index (χ0v) is 12.8. The summed E-state index contributed by atoms with van der Waals surface area (Å²) in [5.41, 5.74) is 3.08. The van der Waals surface area contributed by atoms with Crippen molar-refractivity contribution in [1.29, 1.82) is 0 Å². The molecule has 0 atom stereocenters. The van der Waals surface area contributed by atoms with E-state index in [2.05, 4.69) is 33.7 Å². The van der Waals surface area contributed by atoms with Gasteiger partial charge in [-0.1, -0.05) is 11.6 Å². The second kappa shape index (κ2) is 5.74. The summed E-state index contributed by atoms with van der Waals surface area (Å²) in [6.07, 6.45) is 3.61. The lowest BCUT2D eigenvalue weighted by molar-refractivity contribution is 0.589. The molecule has 0 unspecified atom stereocenters. The first-order valence-electron chi connectivity index (χ1n) is 6.95. The van der Waals surface area contributed by atoms with Gasteiger partial charge in [-0.2, -0.15) is 0 Å². The lowest BCUT2D eigenvalue weighted by atomic mass is 10.3. The summed E-state index contributed by atoms with van der Waals surface area (Å²) >= 11 is 5.90. The molecule has 2 aromatic heterocycles. The Morgan fingerprint density at radius 3 is 2.67 bits per heavy atom. The molecule has 1 aromatic carbocycles. The van der Waals surface area contributed by atoms with E-state index in [0.717, 1.165) is 27.6 Å². The normalized spacial score (nSPS) is 11.2. The maximum absolute atomic E-state index is 5.90. The number of anilines is 1. The van der Waals surface area contributed by atoms with E-state index < -0.39 is 0 Å². The minimum atomic E-state index is 0.347. The minimum Gasteiger partial charge on any atom is -0.378 e. The highest BCUT2D eigenvalue weighted by Gasteiger charge is 2.12. The fraction of sp³-hybridized carbons (Fsp3) is 0.250. The Morgan fingerprint density at radius 1 is 1.19 bits per heavy atom. The summed E-state index contributed by atoms with van der Waals surface area (Å²) in [7, 11) is 0. The van der Waals surface area contributed by atoms with Crippen molar-refractivity contribution >= 4 is 28.3 Å². The lowest BCUT2D eigenvalue weighted by Gasteiger charge is -2.14. The molecule has 1 N–H and O–H groups in total. The molecular formula is C16H17ClN4. The second-order valence-electron chi connectivity index (χ2n) is 5.22. The van der Waals surface area contributed by atoms with E-state index in [0.29, 0.717) is 12.6 Å². The van der Waals surface area contributed by atoms with E-state index in [1.807, 2.05) is 30.3 Å². The van der Waals surface area contributed by atoms with Crippen LogP contribution in [-0.2, 0) is 6.54 Å². The molecule has 0 aliphatic rings. The van der Waals surface area contributed by atoms with Gasteiger partial charge in [-0.25, -0.2) is 4.98 Å². The number of fused-ring (bicyclic) bond motifs is 1. The predicted octanol–water partition coefficient (Wildman–Crippen LogP) is 4.28. The van der Waals surface area contributed by atoms with Crippen molar-refractivity contribution in [2.45, 2.75) is 26.4 Å². The molecule has 0 saturated carbocycles. The van der Waals surface area contributed by atoms with Crippen LogP contribution in [0.3, 0.4) is 0 Å². The van der Waals surface area contributed by atoms with Crippen LogP contribution < -0.4 is 5.32 Å². The van der Waals surface area contributed by atoms with Gasteiger partial charge in [0.2, 0.25) is 0 Å². The molecule has 108 valence electrons. The predicted molar refractivity (Wildman–Crippen MR) is 86.7 cm³/mol. The fourth-order valence-electron chi connectivity index (χ4n) is 2.45. The van der Waals surface area contributed by atoms with Gasteiger partial charge in [-0.3, -0.25) is 4.98 Å². The molecule has 0 saturated heterocycles. The van der Waals surface area contributed by atoms with Gasteiger partial charge >= 0.3 is 0 Å². The average Bonchev–Trinajstić information content (AvgIpc) is 2.85. The first-order chi connectivity index (χ1) is 10.1. The number of rotatable bonds is 4. The number of pyridine rings is 1. The molecule has 0 aliphatic heterocycles. The van der Waals surface area contributed by atoms with Gasteiger partial charge in [0, 0.05) is 22.9 Å². The number of imidazole rings is 1. The summed E-state index contributed by atoms with van der Waals surface area (Å²) in [4.78, 5) is 8.82. The summed E-state index contributed by atoms with van der Waals surface area (Å²) in [5.74, 6) is 1.00. The van der Waals surface area contributed by atoms with Crippen molar-refractivity contribution in [2.75, 3.05) is 5.32 Å². The van der Waals surface area contributed by atoms with E-state index in [1.54, 1.807) is 12.4 Å². The third kappa shape index (κ3) is 2.85. The summed E-state index contributed by atoms with van der Waals surface area (Å²) in [6, 6.07) is 10.0. The van der Waals surface area contributed by atoms with E-state index in [4.69, 9.17) is 11.6 Å². The first kappa shape index (κ1) is 13.9. The highest BCUT2D eigenvalue weighted by atomic mass is 35.5. The number of benzene rings is 1.